The van der Waals surface area contributed by atoms with Crippen LogP contribution in [0.25, 0.3) is 20.8 Å². The van der Waals surface area contributed by atoms with Crippen LogP contribution in [-0.4, -0.2) is 95.4 Å². The van der Waals surface area contributed by atoms with Crippen LogP contribution in [0.1, 0.15) is 67.2 Å². The Labute approximate surface area is 265 Å². The maximum atomic E-state index is 12.8. The standard InChI is InChI=1S/C33H37N3O8S/c1-33(2,3)44-32(41)36-16-6-8-25(36)31(40)43-18-26(37)20-9-11-21(12-10-20)29-34-23-14-13-22(17-28(23)45-29)27(38)19-42-30(39)24-7-5-15-35(24)4/h9-14,17,24-25H,5-8,15-16,18-19H2,1-4H3. The van der Waals surface area contributed by atoms with Crippen molar-refractivity contribution in [1.82, 2.24) is 14.8 Å². The highest BCUT2D eigenvalue weighted by Gasteiger charge is 2.38. The molecule has 2 aliphatic heterocycles. The molecule has 0 N–H and O–H groups in total. The molecule has 3 heterocycles. The van der Waals surface area contributed by atoms with Gasteiger partial charge in [0.15, 0.2) is 24.8 Å². The van der Waals surface area contributed by atoms with Crippen molar-refractivity contribution in [1.29, 1.82) is 0 Å². The normalized spacial score (nSPS) is 18.6. The molecule has 2 aliphatic rings. The fraction of sp³-hybridized carbons (Fsp3) is 0.455. The molecular weight excluding hydrogens is 598 g/mol. The van der Waals surface area contributed by atoms with E-state index in [1.54, 1.807) is 63.2 Å². The molecule has 0 saturated carbocycles. The lowest BCUT2D eigenvalue weighted by Gasteiger charge is -2.27. The van der Waals surface area contributed by atoms with Crippen LogP contribution in [0.4, 0.5) is 4.79 Å². The van der Waals surface area contributed by atoms with E-state index in [0.29, 0.717) is 35.5 Å². The number of esters is 2. The molecule has 1 amide bonds. The molecule has 238 valence electrons. The van der Waals surface area contributed by atoms with Gasteiger partial charge in [0.25, 0.3) is 0 Å². The van der Waals surface area contributed by atoms with E-state index in [2.05, 4.69) is 4.98 Å². The van der Waals surface area contributed by atoms with Crippen molar-refractivity contribution >= 4 is 51.2 Å². The van der Waals surface area contributed by atoms with E-state index in [4.69, 9.17) is 14.2 Å². The van der Waals surface area contributed by atoms with Gasteiger partial charge in [-0.3, -0.25) is 24.2 Å². The minimum Gasteiger partial charge on any atom is -0.456 e. The van der Waals surface area contributed by atoms with Gasteiger partial charge in [0.05, 0.1) is 10.2 Å². The third-order valence-corrected chi connectivity index (χ3v) is 8.87. The number of fused-ring (bicyclic) bond motifs is 1. The number of ketones is 2. The van der Waals surface area contributed by atoms with E-state index >= 15 is 0 Å². The largest absolute Gasteiger partial charge is 0.456 e. The van der Waals surface area contributed by atoms with Gasteiger partial charge in [-0.25, -0.2) is 14.6 Å². The number of likely N-dealkylation sites (N-methyl/N-ethyl adjacent to an activating group) is 1. The van der Waals surface area contributed by atoms with Crippen LogP contribution in [0.5, 0.6) is 0 Å². The molecular formula is C33H37N3O8S. The molecule has 0 radical (unpaired) electrons. The number of ether oxygens (including phenoxy) is 3. The molecule has 5 rings (SSSR count). The molecule has 2 fully saturated rings. The Balaban J connectivity index is 1.16. The molecule has 0 spiro atoms. The second-order valence-corrected chi connectivity index (χ2v) is 13.3. The molecule has 2 atom stereocenters. The van der Waals surface area contributed by atoms with Crippen molar-refractivity contribution in [2.24, 2.45) is 0 Å². The highest BCUT2D eigenvalue weighted by Crippen LogP contribution is 2.31. The zero-order chi connectivity index (χ0) is 32.3. The van der Waals surface area contributed by atoms with E-state index in [9.17, 15) is 24.0 Å². The number of hydrogen-bond donors (Lipinski definition) is 0. The summed E-state index contributed by atoms with van der Waals surface area (Å²) in [5, 5.41) is 0.708. The lowest BCUT2D eigenvalue weighted by molar-refractivity contribution is -0.148. The highest BCUT2D eigenvalue weighted by molar-refractivity contribution is 7.21. The van der Waals surface area contributed by atoms with Gasteiger partial charge in [-0.1, -0.05) is 24.3 Å². The Kier molecular flexibility index (Phi) is 9.64. The van der Waals surface area contributed by atoms with Crippen molar-refractivity contribution in [2.75, 3.05) is 33.4 Å². The van der Waals surface area contributed by atoms with Crippen LogP contribution < -0.4 is 0 Å². The third kappa shape index (κ3) is 7.74. The number of thiazole rings is 1. The maximum absolute atomic E-state index is 12.8. The summed E-state index contributed by atoms with van der Waals surface area (Å²) in [7, 11) is 1.87. The Morgan fingerprint density at radius 3 is 2.09 bits per heavy atom. The minimum atomic E-state index is -0.779. The summed E-state index contributed by atoms with van der Waals surface area (Å²) in [6.07, 6.45) is 2.19. The smallest absolute Gasteiger partial charge is 0.411 e. The molecule has 2 unspecified atom stereocenters. The second-order valence-electron chi connectivity index (χ2n) is 12.3. The molecule has 3 aromatic rings. The average Bonchev–Trinajstić information content (AvgIpc) is 3.77. The molecule has 11 nitrogen and oxygen atoms in total. The highest BCUT2D eigenvalue weighted by atomic mass is 32.1. The van der Waals surface area contributed by atoms with E-state index in [1.165, 1.54) is 16.2 Å². The van der Waals surface area contributed by atoms with E-state index in [0.717, 1.165) is 35.2 Å². The predicted molar refractivity (Wildman–Crippen MR) is 167 cm³/mol. The quantitative estimate of drug-likeness (QED) is 0.182. The van der Waals surface area contributed by atoms with Gasteiger partial charge in [0, 0.05) is 23.2 Å². The van der Waals surface area contributed by atoms with Gasteiger partial charge in [-0.2, -0.15) is 0 Å². The Morgan fingerprint density at radius 2 is 1.44 bits per heavy atom. The molecule has 45 heavy (non-hydrogen) atoms. The zero-order valence-corrected chi connectivity index (χ0v) is 26.7. The maximum Gasteiger partial charge on any atom is 0.411 e. The third-order valence-electron chi connectivity index (χ3n) is 7.80. The van der Waals surface area contributed by atoms with Crippen molar-refractivity contribution in [3.8, 4) is 10.6 Å². The molecule has 1 aromatic heterocycles. The van der Waals surface area contributed by atoms with Crippen LogP contribution in [-0.2, 0) is 23.8 Å². The van der Waals surface area contributed by atoms with Crippen molar-refractivity contribution < 1.29 is 38.2 Å². The summed E-state index contributed by atoms with van der Waals surface area (Å²) in [5.74, 6) is -1.65. The van der Waals surface area contributed by atoms with Crippen LogP contribution in [0, 0.1) is 0 Å². The fourth-order valence-electron chi connectivity index (χ4n) is 5.41. The van der Waals surface area contributed by atoms with Crippen molar-refractivity contribution in [2.45, 2.75) is 64.1 Å². The first-order chi connectivity index (χ1) is 21.4. The van der Waals surface area contributed by atoms with Gasteiger partial charge in [-0.15, -0.1) is 11.3 Å². The van der Waals surface area contributed by atoms with Gasteiger partial charge >= 0.3 is 18.0 Å². The monoisotopic (exact) mass is 635 g/mol. The number of likely N-dealkylation sites (tertiary alicyclic amines) is 2. The molecule has 2 saturated heterocycles. The Bertz CT molecular complexity index is 1610. The number of aromatic nitrogens is 1. The first-order valence-electron chi connectivity index (χ1n) is 15.0. The summed E-state index contributed by atoms with van der Waals surface area (Å²) < 4.78 is 16.8. The number of nitrogens with zero attached hydrogens (tertiary/aromatic N) is 3. The first-order valence-corrected chi connectivity index (χ1v) is 15.8. The Morgan fingerprint density at radius 1 is 0.844 bits per heavy atom. The van der Waals surface area contributed by atoms with Gasteiger partial charge in [0.2, 0.25) is 0 Å². The molecule has 2 aromatic carbocycles. The number of rotatable bonds is 9. The second kappa shape index (κ2) is 13.5. The summed E-state index contributed by atoms with van der Waals surface area (Å²) in [4.78, 5) is 71.0. The predicted octanol–water partition coefficient (Wildman–Crippen LogP) is 4.91. The summed E-state index contributed by atoms with van der Waals surface area (Å²) >= 11 is 1.40. The summed E-state index contributed by atoms with van der Waals surface area (Å²) in [6, 6.07) is 10.9. The number of hydrogen-bond acceptors (Lipinski definition) is 11. The van der Waals surface area contributed by atoms with Gasteiger partial charge in [0.1, 0.15) is 22.7 Å². The Hall–Kier alpha value is -4.16. The molecule has 0 aliphatic carbocycles. The van der Waals surface area contributed by atoms with Crippen LogP contribution >= 0.6 is 11.3 Å². The van der Waals surface area contributed by atoms with Crippen LogP contribution in [0.2, 0.25) is 0 Å². The first kappa shape index (κ1) is 32.2. The average molecular weight is 636 g/mol. The van der Waals surface area contributed by atoms with E-state index < -0.39 is 30.3 Å². The fourth-order valence-corrected chi connectivity index (χ4v) is 6.42. The van der Waals surface area contributed by atoms with Crippen LogP contribution in [0.3, 0.4) is 0 Å². The number of Topliss-reactive ketones (excluding diaryl/α,β-unsaturated/α-hetero) is 2. The van der Waals surface area contributed by atoms with E-state index in [1.807, 2.05) is 11.9 Å². The topological polar surface area (TPSA) is 132 Å². The zero-order valence-electron chi connectivity index (χ0n) is 25.9. The number of amides is 1. The van der Waals surface area contributed by atoms with Gasteiger partial charge < -0.3 is 14.2 Å². The van der Waals surface area contributed by atoms with Crippen LogP contribution in [0.15, 0.2) is 42.5 Å². The number of carbonyl (C=O) groups excluding carboxylic acids is 5. The number of benzene rings is 2. The lowest BCUT2D eigenvalue weighted by atomic mass is 10.1. The SMILES string of the molecule is CN1CCCC1C(=O)OCC(=O)c1ccc2nc(-c3ccc(C(=O)COC(=O)C4CCCN4C(=O)OC(C)(C)C)cc3)sc2c1. The van der Waals surface area contributed by atoms with Crippen molar-refractivity contribution in [3.05, 3.63) is 53.6 Å². The van der Waals surface area contributed by atoms with E-state index in [-0.39, 0.29) is 30.2 Å². The van der Waals surface area contributed by atoms with Crippen molar-refractivity contribution in [3.63, 3.8) is 0 Å². The molecule has 12 heteroatoms. The number of carbonyl (C=O) groups is 5. The minimum absolute atomic E-state index is 0.283. The van der Waals surface area contributed by atoms with Gasteiger partial charge in [-0.05, 0) is 78.2 Å². The summed E-state index contributed by atoms with van der Waals surface area (Å²) in [5.41, 5.74) is 1.62. The molecule has 0 bridgehead atoms. The lowest BCUT2D eigenvalue weighted by Crippen LogP contribution is -2.44. The summed E-state index contributed by atoms with van der Waals surface area (Å²) in [6.45, 7) is 5.74.